The molecule has 2 aromatic heterocycles. The van der Waals surface area contributed by atoms with Crippen molar-refractivity contribution in [3.05, 3.63) is 35.8 Å². The molecule has 8 heteroatoms. The Balaban J connectivity index is 1.45. The van der Waals surface area contributed by atoms with Crippen LogP contribution in [0.15, 0.2) is 33.1 Å². The van der Waals surface area contributed by atoms with E-state index in [0.29, 0.717) is 36.3 Å². The van der Waals surface area contributed by atoms with E-state index < -0.39 is 12.6 Å². The highest BCUT2D eigenvalue weighted by molar-refractivity contribution is 5.50. The summed E-state index contributed by atoms with van der Waals surface area (Å²) in [6.45, 7) is 0.457. The molecule has 24 heavy (non-hydrogen) atoms. The van der Waals surface area contributed by atoms with Crippen LogP contribution in [0.5, 0.6) is 0 Å². The lowest BCUT2D eigenvalue weighted by Crippen LogP contribution is -2.14. The fourth-order valence-corrected chi connectivity index (χ4v) is 2.61. The van der Waals surface area contributed by atoms with Gasteiger partial charge in [0, 0.05) is 0 Å². The lowest BCUT2D eigenvalue weighted by Gasteiger charge is -2.07. The van der Waals surface area contributed by atoms with Gasteiger partial charge in [-0.1, -0.05) is 0 Å². The molecule has 4 rings (SSSR count). The molecule has 130 valence electrons. The number of ether oxygens (including phenoxy) is 4. The van der Waals surface area contributed by atoms with Crippen LogP contribution in [0.3, 0.4) is 0 Å². The first-order chi connectivity index (χ1) is 11.8. The van der Waals surface area contributed by atoms with Crippen LogP contribution in [0.1, 0.15) is 24.1 Å². The maximum absolute atomic E-state index is 9.07. The number of hydrogen-bond acceptors (Lipinski definition) is 8. The van der Waals surface area contributed by atoms with E-state index in [1.807, 2.05) is 0 Å². The number of furan rings is 2. The zero-order valence-corrected chi connectivity index (χ0v) is 12.8. The van der Waals surface area contributed by atoms with Crippen LogP contribution in [0.2, 0.25) is 0 Å². The Morgan fingerprint density at radius 2 is 1.21 bits per heavy atom. The average molecular weight is 338 g/mol. The SMILES string of the molecule is OCC1COC(c2ccc(-c3ccc(C4OCC(CO)O4)o3)o2)O1. The maximum Gasteiger partial charge on any atom is 0.217 e. The molecule has 0 spiro atoms. The van der Waals surface area contributed by atoms with E-state index >= 15 is 0 Å². The number of rotatable bonds is 5. The quantitative estimate of drug-likeness (QED) is 0.842. The minimum atomic E-state index is -0.628. The zero-order chi connectivity index (χ0) is 16.5. The van der Waals surface area contributed by atoms with E-state index in [9.17, 15) is 0 Å². The van der Waals surface area contributed by atoms with Crippen molar-refractivity contribution in [2.45, 2.75) is 24.8 Å². The molecule has 4 heterocycles. The van der Waals surface area contributed by atoms with Crippen LogP contribution in [-0.2, 0) is 18.9 Å². The molecule has 2 aliphatic heterocycles. The highest BCUT2D eigenvalue weighted by Gasteiger charge is 2.31. The van der Waals surface area contributed by atoms with Gasteiger partial charge in [-0.05, 0) is 24.3 Å². The molecule has 0 bridgehead atoms. The molecule has 8 nitrogen and oxygen atoms in total. The predicted octanol–water partition coefficient (Wildman–Crippen LogP) is 1.35. The molecule has 0 radical (unpaired) electrons. The Bertz CT molecular complexity index is 619. The third-order valence-corrected chi connectivity index (χ3v) is 3.87. The molecule has 0 saturated carbocycles. The molecule has 2 aliphatic rings. The van der Waals surface area contributed by atoms with Crippen molar-refractivity contribution in [3.8, 4) is 11.5 Å². The van der Waals surface area contributed by atoms with Gasteiger partial charge in [0.05, 0.1) is 26.4 Å². The predicted molar refractivity (Wildman–Crippen MR) is 77.7 cm³/mol. The smallest absolute Gasteiger partial charge is 0.217 e. The third kappa shape index (κ3) is 3.00. The second-order valence-corrected chi connectivity index (χ2v) is 5.62. The first-order valence-electron chi connectivity index (χ1n) is 7.72. The highest BCUT2D eigenvalue weighted by atomic mass is 16.7. The minimum absolute atomic E-state index is 0.0954. The summed E-state index contributed by atoms with van der Waals surface area (Å²) in [5.74, 6) is 2.06. The fraction of sp³-hybridized carbons (Fsp3) is 0.500. The van der Waals surface area contributed by atoms with Gasteiger partial charge in [-0.15, -0.1) is 0 Å². The van der Waals surface area contributed by atoms with Crippen LogP contribution >= 0.6 is 0 Å². The van der Waals surface area contributed by atoms with Gasteiger partial charge in [-0.25, -0.2) is 0 Å². The van der Waals surface area contributed by atoms with Gasteiger partial charge in [-0.3, -0.25) is 0 Å². The van der Waals surface area contributed by atoms with Crippen LogP contribution in [0.4, 0.5) is 0 Å². The van der Waals surface area contributed by atoms with Gasteiger partial charge in [0.15, 0.2) is 23.0 Å². The standard InChI is InChI=1S/C16H18O8/c17-5-9-7-19-15(21-9)13-3-1-11(23-13)12-2-4-14(24-12)16-20-8-10(6-18)22-16/h1-4,9-10,15-18H,5-8H2. The summed E-state index contributed by atoms with van der Waals surface area (Å²) in [5.41, 5.74) is 0. The van der Waals surface area contributed by atoms with E-state index in [0.717, 1.165) is 0 Å². The second-order valence-electron chi connectivity index (χ2n) is 5.62. The molecule has 2 aromatic rings. The molecule has 0 aliphatic carbocycles. The lowest BCUT2D eigenvalue weighted by atomic mass is 10.3. The first-order valence-corrected chi connectivity index (χ1v) is 7.72. The molecular weight excluding hydrogens is 320 g/mol. The largest absolute Gasteiger partial charge is 0.452 e. The normalized spacial score (nSPS) is 30.2. The van der Waals surface area contributed by atoms with Crippen molar-refractivity contribution in [1.82, 2.24) is 0 Å². The monoisotopic (exact) mass is 338 g/mol. The molecule has 4 atom stereocenters. The zero-order valence-electron chi connectivity index (χ0n) is 12.8. The topological polar surface area (TPSA) is 104 Å². The van der Waals surface area contributed by atoms with Crippen LogP contribution in [-0.4, -0.2) is 48.8 Å². The van der Waals surface area contributed by atoms with Crippen molar-refractivity contribution >= 4 is 0 Å². The Kier molecular flexibility index (Phi) is 4.40. The summed E-state index contributed by atoms with van der Waals surface area (Å²) in [6, 6.07) is 6.99. The molecule has 0 aromatic carbocycles. The third-order valence-electron chi connectivity index (χ3n) is 3.87. The molecule has 2 saturated heterocycles. The first kappa shape index (κ1) is 15.8. The van der Waals surface area contributed by atoms with Crippen molar-refractivity contribution in [2.75, 3.05) is 26.4 Å². The lowest BCUT2D eigenvalue weighted by molar-refractivity contribution is -0.0810. The second kappa shape index (κ2) is 6.67. The van der Waals surface area contributed by atoms with Gasteiger partial charge < -0.3 is 38.0 Å². The van der Waals surface area contributed by atoms with Crippen LogP contribution in [0, 0.1) is 0 Å². The van der Waals surface area contributed by atoms with Crippen molar-refractivity contribution < 1.29 is 38.0 Å². The molecule has 4 unspecified atom stereocenters. The van der Waals surface area contributed by atoms with Gasteiger partial charge in [0.25, 0.3) is 0 Å². The minimum Gasteiger partial charge on any atom is -0.452 e. The Labute approximate surface area is 137 Å². The molecule has 2 N–H and O–H groups in total. The Hall–Kier alpha value is -1.68. The number of aliphatic hydroxyl groups is 2. The summed E-state index contributed by atoms with van der Waals surface area (Å²) < 4.78 is 33.3. The number of hydrogen-bond donors (Lipinski definition) is 2. The van der Waals surface area contributed by atoms with Gasteiger partial charge in [0.2, 0.25) is 12.6 Å². The van der Waals surface area contributed by atoms with E-state index in [-0.39, 0.29) is 25.4 Å². The van der Waals surface area contributed by atoms with Crippen molar-refractivity contribution in [1.29, 1.82) is 0 Å². The summed E-state index contributed by atoms with van der Waals surface area (Å²) in [7, 11) is 0. The van der Waals surface area contributed by atoms with Crippen LogP contribution < -0.4 is 0 Å². The van der Waals surface area contributed by atoms with Gasteiger partial charge in [-0.2, -0.15) is 0 Å². The summed E-state index contributed by atoms with van der Waals surface area (Å²) in [6.07, 6.45) is -1.93. The van der Waals surface area contributed by atoms with Crippen molar-refractivity contribution in [3.63, 3.8) is 0 Å². The fourth-order valence-electron chi connectivity index (χ4n) is 2.61. The van der Waals surface area contributed by atoms with E-state index in [4.69, 9.17) is 38.0 Å². The summed E-state index contributed by atoms with van der Waals surface area (Å²) in [4.78, 5) is 0. The van der Waals surface area contributed by atoms with E-state index in [1.165, 1.54) is 0 Å². The summed E-state index contributed by atoms with van der Waals surface area (Å²) >= 11 is 0. The van der Waals surface area contributed by atoms with Crippen LogP contribution in [0.25, 0.3) is 11.5 Å². The maximum atomic E-state index is 9.07. The van der Waals surface area contributed by atoms with E-state index in [1.54, 1.807) is 24.3 Å². The van der Waals surface area contributed by atoms with Gasteiger partial charge >= 0.3 is 0 Å². The molecular formula is C16H18O8. The number of aliphatic hydroxyl groups excluding tert-OH is 2. The van der Waals surface area contributed by atoms with Crippen molar-refractivity contribution in [2.24, 2.45) is 0 Å². The Morgan fingerprint density at radius 3 is 1.58 bits per heavy atom. The van der Waals surface area contributed by atoms with E-state index in [2.05, 4.69) is 0 Å². The highest BCUT2D eigenvalue weighted by Crippen LogP contribution is 2.34. The average Bonchev–Trinajstić information content (AvgIpc) is 3.40. The van der Waals surface area contributed by atoms with Gasteiger partial charge in [0.1, 0.15) is 12.2 Å². The molecule has 0 amide bonds. The molecule has 2 fully saturated rings. The summed E-state index contributed by atoms with van der Waals surface area (Å²) in [5, 5.41) is 18.1. The Morgan fingerprint density at radius 1 is 0.750 bits per heavy atom.